The molecule has 1 saturated heterocycles. The molecule has 11 heteroatoms. The standard InChI is InChI=1S/C44H83NO10/c1-3-5-7-9-11-13-14-15-16-17-18-19-20-21-22-23-24-26-27-29-31-36(47)39(49)35(34-54-44-42(52)41(51)40(50)38(33-46)55-44)45-43(53)37(48)32-30-28-25-12-10-8-6-4-2/h24-26,28,35-42,44,46-52H,3-23,27,29-34H2,1-2H3,(H,45,53)/b26-24+,28-25-. The number of ether oxygens (including phenoxy) is 2. The summed E-state index contributed by atoms with van der Waals surface area (Å²) in [7, 11) is 0. The summed E-state index contributed by atoms with van der Waals surface area (Å²) in [6.07, 6.45) is 25.6. The predicted molar refractivity (Wildman–Crippen MR) is 219 cm³/mol. The fourth-order valence-corrected chi connectivity index (χ4v) is 6.97. The van der Waals surface area contributed by atoms with Gasteiger partial charge < -0.3 is 50.5 Å². The molecule has 1 aliphatic rings. The predicted octanol–water partition coefficient (Wildman–Crippen LogP) is 6.67. The van der Waals surface area contributed by atoms with E-state index in [1.807, 2.05) is 12.2 Å². The second-order valence-corrected chi connectivity index (χ2v) is 15.8. The Hall–Kier alpha value is -1.41. The topological polar surface area (TPSA) is 189 Å². The van der Waals surface area contributed by atoms with E-state index in [0.717, 1.165) is 32.1 Å². The number of carbonyl (C=O) groups excluding carboxylic acids is 1. The van der Waals surface area contributed by atoms with Gasteiger partial charge in [-0.1, -0.05) is 147 Å². The lowest BCUT2D eigenvalue weighted by Gasteiger charge is -2.40. The summed E-state index contributed by atoms with van der Waals surface area (Å²) in [5.41, 5.74) is 0. The Morgan fingerprint density at radius 3 is 1.58 bits per heavy atom. The second kappa shape index (κ2) is 34.6. The number of unbranched alkanes of at least 4 members (excludes halogenated alkanes) is 20. The van der Waals surface area contributed by atoms with Gasteiger partial charge in [0.05, 0.1) is 25.4 Å². The second-order valence-electron chi connectivity index (χ2n) is 15.8. The Balaban J connectivity index is 2.44. The van der Waals surface area contributed by atoms with Crippen LogP contribution in [0.25, 0.3) is 0 Å². The zero-order valence-corrected chi connectivity index (χ0v) is 34.7. The van der Waals surface area contributed by atoms with Crippen molar-refractivity contribution in [3.8, 4) is 0 Å². The molecule has 9 unspecified atom stereocenters. The van der Waals surface area contributed by atoms with Crippen LogP contribution < -0.4 is 5.32 Å². The Labute approximate surface area is 334 Å². The van der Waals surface area contributed by atoms with Gasteiger partial charge in [-0.15, -0.1) is 0 Å². The van der Waals surface area contributed by atoms with Crippen LogP contribution in [0, 0.1) is 0 Å². The van der Waals surface area contributed by atoms with Gasteiger partial charge >= 0.3 is 0 Å². The highest BCUT2D eigenvalue weighted by Crippen LogP contribution is 2.23. The van der Waals surface area contributed by atoms with Gasteiger partial charge in [-0.2, -0.15) is 0 Å². The van der Waals surface area contributed by atoms with Crippen LogP contribution in [0.4, 0.5) is 0 Å². The van der Waals surface area contributed by atoms with Crippen LogP contribution in [0.1, 0.15) is 181 Å². The maximum Gasteiger partial charge on any atom is 0.249 e. The zero-order valence-electron chi connectivity index (χ0n) is 34.7. The lowest BCUT2D eigenvalue weighted by Crippen LogP contribution is -2.60. The Morgan fingerprint density at radius 1 is 0.618 bits per heavy atom. The molecule has 55 heavy (non-hydrogen) atoms. The number of carbonyl (C=O) groups is 1. The molecular formula is C44H83NO10. The minimum absolute atomic E-state index is 0.169. The smallest absolute Gasteiger partial charge is 0.249 e. The van der Waals surface area contributed by atoms with E-state index in [-0.39, 0.29) is 12.8 Å². The Bertz CT molecular complexity index is 950. The number of rotatable bonds is 36. The minimum Gasteiger partial charge on any atom is -0.394 e. The summed E-state index contributed by atoms with van der Waals surface area (Å²) in [5.74, 6) is -0.744. The van der Waals surface area contributed by atoms with E-state index in [1.165, 1.54) is 109 Å². The van der Waals surface area contributed by atoms with Gasteiger partial charge in [0.1, 0.15) is 36.6 Å². The highest BCUT2D eigenvalue weighted by Gasteiger charge is 2.44. The fraction of sp³-hybridized carbons (Fsp3) is 0.886. The molecule has 0 aromatic heterocycles. The van der Waals surface area contributed by atoms with Gasteiger partial charge in [0.15, 0.2) is 6.29 Å². The van der Waals surface area contributed by atoms with Crippen molar-refractivity contribution in [2.24, 2.45) is 0 Å². The van der Waals surface area contributed by atoms with Gasteiger partial charge in [0, 0.05) is 0 Å². The third-order valence-corrected chi connectivity index (χ3v) is 10.7. The molecule has 1 heterocycles. The van der Waals surface area contributed by atoms with Gasteiger partial charge in [0.2, 0.25) is 5.91 Å². The van der Waals surface area contributed by atoms with Crippen molar-refractivity contribution in [1.29, 1.82) is 0 Å². The van der Waals surface area contributed by atoms with Gasteiger partial charge in [-0.25, -0.2) is 0 Å². The van der Waals surface area contributed by atoms with Gasteiger partial charge in [-0.3, -0.25) is 4.79 Å². The number of amides is 1. The van der Waals surface area contributed by atoms with Gasteiger partial charge in [-0.05, 0) is 57.8 Å². The average Bonchev–Trinajstić information content (AvgIpc) is 3.18. The molecule has 1 rings (SSSR count). The molecule has 1 fully saturated rings. The summed E-state index contributed by atoms with van der Waals surface area (Å²) >= 11 is 0. The monoisotopic (exact) mass is 786 g/mol. The number of aliphatic hydroxyl groups is 7. The molecular weight excluding hydrogens is 702 g/mol. The van der Waals surface area contributed by atoms with Crippen LogP contribution in [0.5, 0.6) is 0 Å². The van der Waals surface area contributed by atoms with E-state index in [2.05, 4.69) is 31.3 Å². The summed E-state index contributed by atoms with van der Waals surface area (Å²) in [5, 5.41) is 75.2. The molecule has 0 spiro atoms. The molecule has 1 amide bonds. The third-order valence-electron chi connectivity index (χ3n) is 10.7. The first-order valence-corrected chi connectivity index (χ1v) is 22.2. The van der Waals surface area contributed by atoms with E-state index in [1.54, 1.807) is 0 Å². The summed E-state index contributed by atoms with van der Waals surface area (Å²) in [6, 6.07) is -1.20. The quantitative estimate of drug-likeness (QED) is 0.0252. The van der Waals surface area contributed by atoms with Crippen LogP contribution >= 0.6 is 0 Å². The van der Waals surface area contributed by atoms with E-state index >= 15 is 0 Å². The highest BCUT2D eigenvalue weighted by atomic mass is 16.7. The number of aliphatic hydroxyl groups excluding tert-OH is 7. The lowest BCUT2D eigenvalue weighted by molar-refractivity contribution is -0.303. The molecule has 0 aromatic rings. The molecule has 0 aromatic carbocycles. The van der Waals surface area contributed by atoms with Crippen molar-refractivity contribution >= 4 is 5.91 Å². The lowest BCUT2D eigenvalue weighted by atomic mass is 9.99. The molecule has 9 atom stereocenters. The van der Waals surface area contributed by atoms with Crippen LogP contribution in [0.2, 0.25) is 0 Å². The first-order chi connectivity index (χ1) is 26.7. The maximum absolute atomic E-state index is 12.9. The van der Waals surface area contributed by atoms with Crippen molar-refractivity contribution in [3.63, 3.8) is 0 Å². The van der Waals surface area contributed by atoms with Crippen molar-refractivity contribution < 1.29 is 50.0 Å². The Morgan fingerprint density at radius 2 is 1.07 bits per heavy atom. The fourth-order valence-electron chi connectivity index (χ4n) is 6.97. The molecule has 0 aliphatic carbocycles. The maximum atomic E-state index is 12.9. The summed E-state index contributed by atoms with van der Waals surface area (Å²) < 4.78 is 11.0. The number of hydrogen-bond donors (Lipinski definition) is 8. The van der Waals surface area contributed by atoms with Gasteiger partial charge in [0.25, 0.3) is 0 Å². The molecule has 8 N–H and O–H groups in total. The molecule has 0 bridgehead atoms. The van der Waals surface area contributed by atoms with Crippen molar-refractivity contribution in [3.05, 3.63) is 24.3 Å². The molecule has 0 radical (unpaired) electrons. The van der Waals surface area contributed by atoms with E-state index in [0.29, 0.717) is 12.8 Å². The van der Waals surface area contributed by atoms with Crippen LogP contribution in [0.15, 0.2) is 24.3 Å². The Kier molecular flexibility index (Phi) is 32.5. The highest BCUT2D eigenvalue weighted by molar-refractivity contribution is 5.80. The number of nitrogens with one attached hydrogen (secondary N) is 1. The third kappa shape index (κ3) is 24.9. The van der Waals surface area contributed by atoms with Crippen molar-refractivity contribution in [2.45, 2.75) is 236 Å². The van der Waals surface area contributed by atoms with E-state index < -0.39 is 74.2 Å². The molecule has 1 aliphatic heterocycles. The summed E-state index contributed by atoms with van der Waals surface area (Å²) in [6.45, 7) is 3.34. The SMILES string of the molecule is CCCCCC/C=C\CCC(O)C(=O)NC(COC1OC(CO)C(O)C(O)C1O)C(O)C(O)CCC/C=C/CCCCCCCCCCCCCCCCC. The van der Waals surface area contributed by atoms with Crippen molar-refractivity contribution in [1.82, 2.24) is 5.32 Å². The van der Waals surface area contributed by atoms with Crippen molar-refractivity contribution in [2.75, 3.05) is 13.2 Å². The largest absolute Gasteiger partial charge is 0.394 e. The average molecular weight is 786 g/mol. The zero-order chi connectivity index (χ0) is 40.5. The van der Waals surface area contributed by atoms with Crippen LogP contribution in [-0.4, -0.2) is 110 Å². The number of allylic oxidation sites excluding steroid dienone is 4. The minimum atomic E-state index is -1.67. The molecule has 0 saturated carbocycles. The molecule has 11 nitrogen and oxygen atoms in total. The van der Waals surface area contributed by atoms with Crippen LogP contribution in [-0.2, 0) is 14.3 Å². The normalized spacial score (nSPS) is 22.7. The first kappa shape index (κ1) is 51.6. The van der Waals surface area contributed by atoms with E-state index in [4.69, 9.17) is 9.47 Å². The molecule has 324 valence electrons. The first-order valence-electron chi connectivity index (χ1n) is 22.2. The number of hydrogen-bond acceptors (Lipinski definition) is 10. The van der Waals surface area contributed by atoms with E-state index in [9.17, 15) is 40.5 Å². The van der Waals surface area contributed by atoms with Crippen LogP contribution in [0.3, 0.4) is 0 Å². The summed E-state index contributed by atoms with van der Waals surface area (Å²) in [4.78, 5) is 12.9.